The summed E-state index contributed by atoms with van der Waals surface area (Å²) in [5, 5.41) is 94.2. The summed E-state index contributed by atoms with van der Waals surface area (Å²) in [6.07, 6.45) is 5.94. The number of cyclic esters (lactones) is 1. The first kappa shape index (κ1) is 42.8. The van der Waals surface area contributed by atoms with Gasteiger partial charge in [-0.15, -0.1) is 0 Å². The molecular weight excluding hydrogens is 608 g/mol. The molecule has 0 aromatic heterocycles. The third kappa shape index (κ3) is 18.2. The Morgan fingerprint density at radius 1 is 0.553 bits per heavy atom. The van der Waals surface area contributed by atoms with Crippen molar-refractivity contribution in [1.29, 1.82) is 0 Å². The summed E-state index contributed by atoms with van der Waals surface area (Å²) in [7, 11) is 0. The lowest BCUT2D eigenvalue weighted by Gasteiger charge is -2.31. The van der Waals surface area contributed by atoms with Gasteiger partial charge in [0.05, 0.1) is 54.9 Å². The topological polar surface area (TPSA) is 208 Å². The van der Waals surface area contributed by atoms with E-state index in [9.17, 15) is 50.8 Å². The predicted octanol–water partition coefficient (Wildman–Crippen LogP) is 1.99. The van der Waals surface area contributed by atoms with Crippen molar-refractivity contribution in [1.82, 2.24) is 0 Å². The number of hydrogen-bond acceptors (Lipinski definition) is 11. The van der Waals surface area contributed by atoms with E-state index in [4.69, 9.17) is 4.74 Å². The summed E-state index contributed by atoms with van der Waals surface area (Å²) < 4.78 is 5.61. The van der Waals surface area contributed by atoms with Gasteiger partial charge < -0.3 is 50.7 Å². The van der Waals surface area contributed by atoms with Crippen LogP contribution in [0, 0.1) is 17.8 Å². The molecule has 270 valence electrons. The van der Waals surface area contributed by atoms with Crippen LogP contribution in [0.2, 0.25) is 0 Å². The van der Waals surface area contributed by atoms with Crippen LogP contribution in [0.5, 0.6) is 0 Å². The maximum atomic E-state index is 12.4. The van der Waals surface area contributed by atoms with E-state index in [0.717, 1.165) is 0 Å². The number of hydrogen-bond donors (Lipinski definition) is 9. The highest BCUT2D eigenvalue weighted by atomic mass is 16.5. The van der Waals surface area contributed by atoms with Gasteiger partial charge in [-0.25, -0.2) is 4.79 Å². The predicted molar refractivity (Wildman–Crippen MR) is 180 cm³/mol. The van der Waals surface area contributed by atoms with Crippen molar-refractivity contribution in [3.8, 4) is 0 Å². The number of ether oxygens (including phenoxy) is 1. The summed E-state index contributed by atoms with van der Waals surface area (Å²) in [4.78, 5) is 12.4. The minimum atomic E-state index is -1.34. The maximum Gasteiger partial charge on any atom is 0.331 e. The van der Waals surface area contributed by atoms with Crippen LogP contribution in [0.1, 0.15) is 79.1 Å². The molecule has 1 aliphatic rings. The van der Waals surface area contributed by atoms with Gasteiger partial charge in [0.1, 0.15) is 6.10 Å². The van der Waals surface area contributed by atoms with Crippen LogP contribution in [0.25, 0.3) is 0 Å². The molecule has 0 aromatic carbocycles. The molecule has 0 spiro atoms. The van der Waals surface area contributed by atoms with Crippen molar-refractivity contribution in [3.63, 3.8) is 0 Å². The molecule has 0 saturated carbocycles. The highest BCUT2D eigenvalue weighted by Gasteiger charge is 2.32. The SMILES string of the molecule is CC(C)C1OC(=O)C=CC=CC=CC=CC=CCC(O)C(C)C(O)CC(O)CC(O)CC(O)CCC(O)C(O)CC(O)CC(O)C1C. The van der Waals surface area contributed by atoms with E-state index in [0.29, 0.717) is 0 Å². The lowest BCUT2D eigenvalue weighted by molar-refractivity contribution is -0.151. The molecule has 47 heavy (non-hydrogen) atoms. The summed E-state index contributed by atoms with van der Waals surface area (Å²) in [6, 6.07) is 0. The van der Waals surface area contributed by atoms with Crippen molar-refractivity contribution in [3.05, 3.63) is 60.8 Å². The van der Waals surface area contributed by atoms with E-state index in [2.05, 4.69) is 0 Å². The molecule has 1 rings (SSSR count). The lowest BCUT2D eigenvalue weighted by Crippen LogP contribution is -2.39. The van der Waals surface area contributed by atoms with Gasteiger partial charge in [-0.2, -0.15) is 0 Å². The third-order valence-electron chi connectivity index (χ3n) is 8.64. The number of aliphatic hydroxyl groups is 9. The number of esters is 1. The standard InChI is InChI=1S/C36H60O11/c1-23(2)36-25(4)33(44)21-29(40)22-34(45)31(42)17-16-26(37)18-27(38)19-28(39)20-32(43)24(3)30(41)14-12-10-8-6-5-7-9-11-13-15-35(46)47-36/h5-13,15,23-34,36-45H,14,16-22H2,1-4H3. The molecule has 11 heteroatoms. The zero-order valence-corrected chi connectivity index (χ0v) is 28.3. The zero-order chi connectivity index (χ0) is 35.5. The van der Waals surface area contributed by atoms with Gasteiger partial charge in [-0.05, 0) is 50.9 Å². The first-order valence-electron chi connectivity index (χ1n) is 16.8. The minimum Gasteiger partial charge on any atom is -0.459 e. The first-order chi connectivity index (χ1) is 22.1. The van der Waals surface area contributed by atoms with Crippen LogP contribution in [0.4, 0.5) is 0 Å². The Hall–Kier alpha value is -2.19. The van der Waals surface area contributed by atoms with Crippen LogP contribution >= 0.6 is 0 Å². The summed E-state index contributed by atoms with van der Waals surface area (Å²) in [5.74, 6) is -1.79. The Labute approximate surface area is 279 Å². The van der Waals surface area contributed by atoms with Crippen LogP contribution in [-0.4, -0.2) is 113 Å². The van der Waals surface area contributed by atoms with Gasteiger partial charge in [0.2, 0.25) is 0 Å². The minimum absolute atomic E-state index is 0.0218. The lowest BCUT2D eigenvalue weighted by atomic mass is 9.86. The van der Waals surface area contributed by atoms with E-state index in [1.807, 2.05) is 13.8 Å². The fourth-order valence-corrected chi connectivity index (χ4v) is 5.54. The molecular formula is C36H60O11. The average Bonchev–Trinajstić information content (AvgIpc) is 2.99. The normalized spacial score (nSPS) is 37.6. The fraction of sp³-hybridized carbons (Fsp3) is 0.694. The molecule has 12 unspecified atom stereocenters. The Morgan fingerprint density at radius 2 is 1.02 bits per heavy atom. The highest BCUT2D eigenvalue weighted by Crippen LogP contribution is 2.25. The smallest absolute Gasteiger partial charge is 0.331 e. The van der Waals surface area contributed by atoms with Crippen molar-refractivity contribution in [2.45, 2.75) is 140 Å². The van der Waals surface area contributed by atoms with Crippen LogP contribution < -0.4 is 0 Å². The monoisotopic (exact) mass is 668 g/mol. The fourth-order valence-electron chi connectivity index (χ4n) is 5.54. The van der Waals surface area contributed by atoms with E-state index in [1.165, 1.54) is 12.2 Å². The van der Waals surface area contributed by atoms with Gasteiger partial charge in [0, 0.05) is 24.3 Å². The second-order valence-electron chi connectivity index (χ2n) is 13.2. The van der Waals surface area contributed by atoms with E-state index >= 15 is 0 Å². The summed E-state index contributed by atoms with van der Waals surface area (Å²) in [5.41, 5.74) is 0. The molecule has 0 amide bonds. The molecule has 0 fully saturated rings. The summed E-state index contributed by atoms with van der Waals surface area (Å²) >= 11 is 0. The first-order valence-corrected chi connectivity index (χ1v) is 16.8. The highest BCUT2D eigenvalue weighted by molar-refractivity contribution is 5.82. The molecule has 0 aliphatic carbocycles. The van der Waals surface area contributed by atoms with Gasteiger partial charge in [-0.3, -0.25) is 0 Å². The van der Waals surface area contributed by atoms with Gasteiger partial charge >= 0.3 is 5.97 Å². The molecule has 9 N–H and O–H groups in total. The van der Waals surface area contributed by atoms with Crippen LogP contribution in [0.3, 0.4) is 0 Å². The second kappa shape index (κ2) is 23.2. The van der Waals surface area contributed by atoms with Crippen molar-refractivity contribution in [2.24, 2.45) is 17.8 Å². The van der Waals surface area contributed by atoms with Gasteiger partial charge in [0.15, 0.2) is 0 Å². The molecule has 0 bridgehead atoms. The zero-order valence-electron chi connectivity index (χ0n) is 28.3. The van der Waals surface area contributed by atoms with Crippen LogP contribution in [0.15, 0.2) is 60.8 Å². The average molecular weight is 669 g/mol. The molecule has 12 atom stereocenters. The van der Waals surface area contributed by atoms with Crippen molar-refractivity contribution >= 4 is 5.97 Å². The molecule has 0 aromatic rings. The van der Waals surface area contributed by atoms with Crippen molar-refractivity contribution in [2.75, 3.05) is 0 Å². The Morgan fingerprint density at radius 3 is 1.62 bits per heavy atom. The van der Waals surface area contributed by atoms with Crippen molar-refractivity contribution < 1.29 is 55.5 Å². The number of allylic oxidation sites excluding steroid dienone is 8. The van der Waals surface area contributed by atoms with E-state index in [-0.39, 0.29) is 57.3 Å². The number of rotatable bonds is 1. The Bertz CT molecular complexity index is 1010. The molecule has 0 radical (unpaired) electrons. The maximum absolute atomic E-state index is 12.4. The van der Waals surface area contributed by atoms with Gasteiger partial charge in [0.25, 0.3) is 0 Å². The molecule has 11 nitrogen and oxygen atoms in total. The van der Waals surface area contributed by atoms with Gasteiger partial charge in [-0.1, -0.05) is 82.4 Å². The van der Waals surface area contributed by atoms with E-state index in [1.54, 1.807) is 62.5 Å². The Balaban J connectivity index is 2.99. The second-order valence-corrected chi connectivity index (χ2v) is 13.2. The number of aliphatic hydroxyl groups excluding tert-OH is 9. The number of carbonyl (C=O) groups excluding carboxylic acids is 1. The third-order valence-corrected chi connectivity index (χ3v) is 8.64. The largest absolute Gasteiger partial charge is 0.459 e. The summed E-state index contributed by atoms with van der Waals surface area (Å²) in [6.45, 7) is 7.09. The molecule has 1 aliphatic heterocycles. The van der Waals surface area contributed by atoms with E-state index < -0.39 is 78.8 Å². The number of carbonyl (C=O) groups is 1. The van der Waals surface area contributed by atoms with Crippen LogP contribution in [-0.2, 0) is 9.53 Å². The Kier molecular flexibility index (Phi) is 21.2. The molecule has 0 saturated heterocycles. The quantitative estimate of drug-likeness (QED) is 0.185. The molecule has 1 heterocycles.